The molecule has 1 spiro atoms. The van der Waals surface area contributed by atoms with Crippen molar-refractivity contribution in [3.8, 4) is 0 Å². The summed E-state index contributed by atoms with van der Waals surface area (Å²) >= 11 is 0. The Morgan fingerprint density at radius 1 is 1.33 bits per heavy atom. The van der Waals surface area contributed by atoms with Gasteiger partial charge in [-0.1, -0.05) is 6.92 Å². The molecule has 5 heteroatoms. The summed E-state index contributed by atoms with van der Waals surface area (Å²) in [5.74, 6) is -0.316. The van der Waals surface area contributed by atoms with Crippen molar-refractivity contribution < 1.29 is 23.8 Å². The van der Waals surface area contributed by atoms with Crippen molar-refractivity contribution in [2.45, 2.75) is 51.6 Å². The fourth-order valence-corrected chi connectivity index (χ4v) is 5.66. The van der Waals surface area contributed by atoms with Crippen LogP contribution in [-0.2, 0) is 23.8 Å². The lowest BCUT2D eigenvalue weighted by atomic mass is 9.33. The Kier molecular flexibility index (Phi) is 3.41. The van der Waals surface area contributed by atoms with E-state index >= 15 is 0 Å². The number of esters is 1. The van der Waals surface area contributed by atoms with Crippen molar-refractivity contribution in [2.24, 2.45) is 16.2 Å². The van der Waals surface area contributed by atoms with Crippen LogP contribution < -0.4 is 0 Å². The zero-order chi connectivity index (χ0) is 15.3. The molecule has 3 saturated carbocycles. The Morgan fingerprint density at radius 3 is 2.76 bits per heavy atom. The van der Waals surface area contributed by atoms with Crippen LogP contribution in [0, 0.1) is 16.2 Å². The molecule has 3 rings (SSSR count). The van der Waals surface area contributed by atoms with E-state index in [1.807, 2.05) is 0 Å². The maximum Gasteiger partial charge on any atom is 0.320 e. The molecule has 0 radical (unpaired) electrons. The fourth-order valence-electron chi connectivity index (χ4n) is 5.66. The minimum absolute atomic E-state index is 0.00429. The summed E-state index contributed by atoms with van der Waals surface area (Å²) in [5, 5.41) is 0. The van der Waals surface area contributed by atoms with Crippen LogP contribution in [-0.4, -0.2) is 38.9 Å². The highest BCUT2D eigenvalue weighted by atomic mass is 16.7. The van der Waals surface area contributed by atoms with Crippen molar-refractivity contribution in [3.63, 3.8) is 0 Å². The average molecular weight is 296 g/mol. The predicted molar refractivity (Wildman–Crippen MR) is 74.4 cm³/mol. The summed E-state index contributed by atoms with van der Waals surface area (Å²) in [5.41, 5.74) is -1.39. The molecular formula is C16H24O5. The topological polar surface area (TPSA) is 61.8 Å². The first kappa shape index (κ1) is 15.0. The van der Waals surface area contributed by atoms with Gasteiger partial charge in [-0.3, -0.25) is 9.59 Å². The maximum atomic E-state index is 12.7. The molecule has 21 heavy (non-hydrogen) atoms. The fraction of sp³-hybridized carbons (Fsp3) is 0.875. The van der Waals surface area contributed by atoms with Gasteiger partial charge in [-0.2, -0.15) is 0 Å². The van der Waals surface area contributed by atoms with E-state index in [9.17, 15) is 9.59 Å². The van der Waals surface area contributed by atoms with Crippen LogP contribution in [0.25, 0.3) is 0 Å². The van der Waals surface area contributed by atoms with Gasteiger partial charge in [0.05, 0.1) is 13.2 Å². The van der Waals surface area contributed by atoms with Gasteiger partial charge in [-0.15, -0.1) is 0 Å². The highest BCUT2D eigenvalue weighted by Crippen LogP contribution is 2.79. The Bertz CT molecular complexity index is 465. The summed E-state index contributed by atoms with van der Waals surface area (Å²) < 4.78 is 16.0. The average Bonchev–Trinajstić information content (AvgIpc) is 2.66. The van der Waals surface area contributed by atoms with Crippen molar-refractivity contribution in [3.05, 3.63) is 0 Å². The third kappa shape index (κ3) is 1.54. The zero-order valence-electron chi connectivity index (χ0n) is 13.1. The maximum absolute atomic E-state index is 12.7. The highest BCUT2D eigenvalue weighted by Gasteiger charge is 2.83. The first-order valence-electron chi connectivity index (χ1n) is 7.71. The van der Waals surface area contributed by atoms with Gasteiger partial charge in [0, 0.05) is 18.9 Å². The third-order valence-corrected chi connectivity index (χ3v) is 6.37. The molecule has 5 nitrogen and oxygen atoms in total. The molecule has 0 bridgehead atoms. The molecule has 118 valence electrons. The number of carbonyl (C=O) groups is 2. The molecular weight excluding hydrogens is 272 g/mol. The van der Waals surface area contributed by atoms with Gasteiger partial charge in [0.25, 0.3) is 0 Å². The van der Waals surface area contributed by atoms with Crippen LogP contribution in [0.4, 0.5) is 0 Å². The van der Waals surface area contributed by atoms with E-state index in [1.54, 1.807) is 7.11 Å². The largest absolute Gasteiger partial charge is 0.468 e. The van der Waals surface area contributed by atoms with E-state index in [2.05, 4.69) is 6.92 Å². The van der Waals surface area contributed by atoms with Gasteiger partial charge in [0.2, 0.25) is 0 Å². The van der Waals surface area contributed by atoms with Gasteiger partial charge < -0.3 is 14.2 Å². The minimum atomic E-state index is -0.982. The molecule has 0 aromatic rings. The first-order chi connectivity index (χ1) is 9.98. The zero-order valence-corrected chi connectivity index (χ0v) is 13.1. The lowest BCUT2D eigenvalue weighted by Crippen LogP contribution is -2.73. The number of ketones is 1. The molecule has 0 aromatic heterocycles. The van der Waals surface area contributed by atoms with E-state index in [4.69, 9.17) is 14.2 Å². The van der Waals surface area contributed by atoms with Gasteiger partial charge >= 0.3 is 5.97 Å². The normalized spacial score (nSPS) is 44.7. The van der Waals surface area contributed by atoms with Crippen LogP contribution in [0.5, 0.6) is 0 Å². The summed E-state index contributed by atoms with van der Waals surface area (Å²) in [7, 11) is 2.97. The second-order valence-corrected chi connectivity index (χ2v) is 6.98. The van der Waals surface area contributed by atoms with E-state index < -0.39 is 10.8 Å². The van der Waals surface area contributed by atoms with Crippen LogP contribution in [0.3, 0.4) is 0 Å². The van der Waals surface area contributed by atoms with Gasteiger partial charge in [-0.05, 0) is 37.5 Å². The molecule has 0 heterocycles. The first-order valence-corrected chi connectivity index (χ1v) is 7.71. The molecule has 0 saturated heterocycles. The number of carbonyl (C=O) groups excluding carboxylic acids is 2. The molecule has 0 unspecified atom stereocenters. The molecule has 3 aliphatic carbocycles. The van der Waals surface area contributed by atoms with Gasteiger partial charge in [-0.25, -0.2) is 0 Å². The van der Waals surface area contributed by atoms with Crippen molar-refractivity contribution in [2.75, 3.05) is 21.0 Å². The smallest absolute Gasteiger partial charge is 0.320 e. The van der Waals surface area contributed by atoms with Gasteiger partial charge in [0.15, 0.2) is 5.78 Å². The Balaban J connectivity index is 2.04. The quantitative estimate of drug-likeness (QED) is 0.451. The van der Waals surface area contributed by atoms with Gasteiger partial charge in [0.1, 0.15) is 12.2 Å². The second-order valence-electron chi connectivity index (χ2n) is 6.98. The Labute approximate surface area is 125 Å². The molecule has 3 aliphatic rings. The number of hydrogen-bond acceptors (Lipinski definition) is 5. The number of methoxy groups -OCH3 is 2. The van der Waals surface area contributed by atoms with Crippen molar-refractivity contribution in [1.82, 2.24) is 0 Å². The van der Waals surface area contributed by atoms with Crippen molar-refractivity contribution in [1.29, 1.82) is 0 Å². The number of hydrogen-bond donors (Lipinski definition) is 0. The van der Waals surface area contributed by atoms with Crippen LogP contribution >= 0.6 is 0 Å². The molecule has 4 atom stereocenters. The van der Waals surface area contributed by atoms with E-state index in [1.165, 1.54) is 7.11 Å². The predicted octanol–water partition coefficient (Wildman–Crippen LogP) is 2.08. The summed E-state index contributed by atoms with van der Waals surface area (Å²) in [4.78, 5) is 25.2. The number of rotatable bonds is 4. The standard InChI is InChI=1S/C16H24O5/c1-14-8-6-12(21-10-19-2)16(14)7-4-5-11(17)15(16,9-14)13(18)20-3/h12H,4-10H2,1-3H3/t12-,14+,15-,16+/m1/s1. The molecule has 0 amide bonds. The summed E-state index contributed by atoms with van der Waals surface area (Å²) in [6.07, 6.45) is 4.56. The SMILES string of the molecule is COCO[C@@H]1CC[C@@]2(C)C[C@]3(C(=O)OC)C(=O)CCC[C@]123. The highest BCUT2D eigenvalue weighted by molar-refractivity contribution is 6.07. The number of Topliss-reactive ketones (excluding diaryl/α,β-unsaturated/α-hetero) is 1. The molecule has 0 N–H and O–H groups in total. The van der Waals surface area contributed by atoms with Crippen LogP contribution in [0.15, 0.2) is 0 Å². The van der Waals surface area contributed by atoms with E-state index in [0.717, 1.165) is 25.7 Å². The lowest BCUT2D eigenvalue weighted by molar-refractivity contribution is -0.258. The summed E-state index contributed by atoms with van der Waals surface area (Å²) in [6.45, 7) is 2.40. The minimum Gasteiger partial charge on any atom is -0.468 e. The van der Waals surface area contributed by atoms with E-state index in [-0.39, 0.29) is 30.1 Å². The number of ether oxygens (including phenoxy) is 3. The Hall–Kier alpha value is -0.940. The lowest BCUT2D eigenvalue weighted by Gasteiger charge is -2.68. The second kappa shape index (κ2) is 4.78. The van der Waals surface area contributed by atoms with Crippen molar-refractivity contribution >= 4 is 11.8 Å². The molecule has 0 aliphatic heterocycles. The van der Waals surface area contributed by atoms with E-state index in [0.29, 0.717) is 12.8 Å². The molecule has 0 aromatic carbocycles. The van der Waals surface area contributed by atoms with Crippen LogP contribution in [0.1, 0.15) is 45.4 Å². The monoisotopic (exact) mass is 296 g/mol. The third-order valence-electron chi connectivity index (χ3n) is 6.37. The Morgan fingerprint density at radius 2 is 2.10 bits per heavy atom. The summed E-state index contributed by atoms with van der Waals surface area (Å²) in [6, 6.07) is 0. The molecule has 3 fully saturated rings. The van der Waals surface area contributed by atoms with Crippen LogP contribution in [0.2, 0.25) is 0 Å².